The summed E-state index contributed by atoms with van der Waals surface area (Å²) >= 11 is 0. The maximum atomic E-state index is 12.3. The lowest BCUT2D eigenvalue weighted by Gasteiger charge is -2.22. The number of carboxylic acids is 1. The van der Waals surface area contributed by atoms with E-state index in [1.54, 1.807) is 32.0 Å². The van der Waals surface area contributed by atoms with E-state index in [4.69, 9.17) is 5.11 Å². The molecule has 1 amide bonds. The van der Waals surface area contributed by atoms with Crippen LogP contribution in [0.3, 0.4) is 0 Å². The molecule has 0 saturated carbocycles. The van der Waals surface area contributed by atoms with Gasteiger partial charge in [-0.25, -0.2) is 0 Å². The molecule has 0 unspecified atom stereocenters. The van der Waals surface area contributed by atoms with Crippen molar-refractivity contribution in [3.8, 4) is 0 Å². The van der Waals surface area contributed by atoms with Gasteiger partial charge in [-0.05, 0) is 35.6 Å². The molecule has 1 aliphatic rings. The van der Waals surface area contributed by atoms with Crippen LogP contribution in [0.4, 0.5) is 5.69 Å². The monoisotopic (exact) mass is 289 g/mol. The molecule has 1 aromatic rings. The van der Waals surface area contributed by atoms with Gasteiger partial charge in [-0.15, -0.1) is 0 Å². The van der Waals surface area contributed by atoms with Crippen molar-refractivity contribution in [3.05, 3.63) is 29.3 Å². The summed E-state index contributed by atoms with van der Waals surface area (Å²) in [4.78, 5) is 34.4. The van der Waals surface area contributed by atoms with Gasteiger partial charge >= 0.3 is 5.97 Å². The van der Waals surface area contributed by atoms with Crippen molar-refractivity contribution in [2.75, 3.05) is 5.32 Å². The van der Waals surface area contributed by atoms with E-state index in [0.717, 1.165) is 11.3 Å². The van der Waals surface area contributed by atoms with Gasteiger partial charge in [0.25, 0.3) is 0 Å². The zero-order valence-electron chi connectivity index (χ0n) is 12.2. The van der Waals surface area contributed by atoms with Gasteiger partial charge in [0, 0.05) is 24.1 Å². The largest absolute Gasteiger partial charge is 0.481 e. The van der Waals surface area contributed by atoms with E-state index in [-0.39, 0.29) is 24.5 Å². The highest BCUT2D eigenvalue weighted by Crippen LogP contribution is 2.29. The number of nitrogens with one attached hydrogen (secondary N) is 1. The van der Waals surface area contributed by atoms with Gasteiger partial charge in [-0.1, -0.05) is 13.8 Å². The summed E-state index contributed by atoms with van der Waals surface area (Å²) in [5, 5.41) is 11.6. The first-order valence-corrected chi connectivity index (χ1v) is 6.95. The summed E-state index contributed by atoms with van der Waals surface area (Å²) in [6.07, 6.45) is 1.19. The fourth-order valence-corrected chi connectivity index (χ4v) is 2.57. The van der Waals surface area contributed by atoms with Gasteiger partial charge < -0.3 is 10.4 Å². The molecule has 21 heavy (non-hydrogen) atoms. The second kappa shape index (κ2) is 5.68. The fourth-order valence-electron chi connectivity index (χ4n) is 2.57. The van der Waals surface area contributed by atoms with Crippen LogP contribution in [0.2, 0.25) is 0 Å². The summed E-state index contributed by atoms with van der Waals surface area (Å²) in [6, 6.07) is 5.22. The average molecular weight is 289 g/mol. The van der Waals surface area contributed by atoms with E-state index in [1.165, 1.54) is 0 Å². The molecule has 0 spiro atoms. The number of rotatable bonds is 5. The van der Waals surface area contributed by atoms with Crippen LogP contribution >= 0.6 is 0 Å². The van der Waals surface area contributed by atoms with Crippen molar-refractivity contribution < 1.29 is 19.5 Å². The van der Waals surface area contributed by atoms with E-state index in [1.807, 2.05) is 0 Å². The highest BCUT2D eigenvalue weighted by Gasteiger charge is 2.26. The Hall–Kier alpha value is -2.17. The minimum atomic E-state index is -0.902. The first-order chi connectivity index (χ1) is 9.77. The number of carboxylic acid groups (broad SMARTS) is 1. The van der Waals surface area contributed by atoms with Crippen LogP contribution in [0.25, 0.3) is 0 Å². The summed E-state index contributed by atoms with van der Waals surface area (Å²) in [6.45, 7) is 3.55. The third-order valence-corrected chi connectivity index (χ3v) is 3.59. The van der Waals surface area contributed by atoms with E-state index in [9.17, 15) is 14.4 Å². The number of Topliss-reactive ketones (excluding diaryl/α,β-unsaturated/α-hetero) is 1. The standard InChI is InChI=1S/C16H19NO4/c1-16(2,9-15(20)21)8-13(18)11-3-5-12-10(7-11)4-6-14(19)17-12/h3,5,7H,4,6,8-9H2,1-2H3,(H,17,19)(H,20,21). The number of ketones is 1. The van der Waals surface area contributed by atoms with Crippen LogP contribution < -0.4 is 5.32 Å². The van der Waals surface area contributed by atoms with Crippen molar-refractivity contribution in [2.45, 2.75) is 39.5 Å². The maximum absolute atomic E-state index is 12.3. The SMILES string of the molecule is CC(C)(CC(=O)O)CC(=O)c1ccc2c(c1)CCC(=O)N2. The highest BCUT2D eigenvalue weighted by molar-refractivity contribution is 5.99. The molecular weight excluding hydrogens is 270 g/mol. The number of anilines is 1. The van der Waals surface area contributed by atoms with E-state index < -0.39 is 11.4 Å². The minimum Gasteiger partial charge on any atom is -0.481 e. The Kier molecular flexibility index (Phi) is 4.11. The molecule has 5 heteroatoms. The van der Waals surface area contributed by atoms with Gasteiger partial charge in [0.05, 0.1) is 6.42 Å². The molecule has 1 aromatic carbocycles. The molecule has 5 nitrogen and oxygen atoms in total. The number of aliphatic carboxylic acids is 1. The molecular formula is C16H19NO4. The number of carbonyl (C=O) groups is 3. The number of hydrogen-bond donors (Lipinski definition) is 2. The molecule has 0 radical (unpaired) electrons. The van der Waals surface area contributed by atoms with Gasteiger partial charge in [0.1, 0.15) is 0 Å². The number of fused-ring (bicyclic) bond motifs is 1. The predicted octanol–water partition coefficient (Wildman–Crippen LogP) is 2.65. The quantitative estimate of drug-likeness (QED) is 0.816. The molecule has 0 saturated heterocycles. The first-order valence-electron chi connectivity index (χ1n) is 6.95. The molecule has 0 aromatic heterocycles. The lowest BCUT2D eigenvalue weighted by Crippen LogP contribution is -2.22. The number of hydrogen-bond acceptors (Lipinski definition) is 3. The Morgan fingerprint density at radius 1 is 1.24 bits per heavy atom. The second-order valence-corrected chi connectivity index (χ2v) is 6.25. The summed E-state index contributed by atoms with van der Waals surface area (Å²) in [5.41, 5.74) is 1.71. The molecule has 0 aliphatic carbocycles. The maximum Gasteiger partial charge on any atom is 0.303 e. The van der Waals surface area contributed by atoms with Crippen molar-refractivity contribution in [1.29, 1.82) is 0 Å². The molecule has 112 valence electrons. The van der Waals surface area contributed by atoms with Crippen molar-refractivity contribution >= 4 is 23.3 Å². The number of amides is 1. The zero-order chi connectivity index (χ0) is 15.6. The minimum absolute atomic E-state index is 0.0100. The van der Waals surface area contributed by atoms with Gasteiger partial charge in [-0.3, -0.25) is 14.4 Å². The lowest BCUT2D eigenvalue weighted by atomic mass is 9.82. The summed E-state index contributed by atoms with van der Waals surface area (Å²) in [7, 11) is 0. The average Bonchev–Trinajstić information content (AvgIpc) is 2.35. The van der Waals surface area contributed by atoms with E-state index in [2.05, 4.69) is 5.32 Å². The topological polar surface area (TPSA) is 83.5 Å². The Bertz CT molecular complexity index is 604. The van der Waals surface area contributed by atoms with Crippen LogP contribution in [0.1, 0.15) is 49.0 Å². The molecule has 1 aliphatic heterocycles. The van der Waals surface area contributed by atoms with Crippen LogP contribution in [0.5, 0.6) is 0 Å². The summed E-state index contributed by atoms with van der Waals surface area (Å²) < 4.78 is 0. The van der Waals surface area contributed by atoms with Crippen LogP contribution in [-0.4, -0.2) is 22.8 Å². The van der Waals surface area contributed by atoms with Gasteiger partial charge in [0.15, 0.2) is 5.78 Å². The van der Waals surface area contributed by atoms with E-state index in [0.29, 0.717) is 18.4 Å². The zero-order valence-corrected chi connectivity index (χ0v) is 12.2. The van der Waals surface area contributed by atoms with Crippen LogP contribution in [0.15, 0.2) is 18.2 Å². The second-order valence-electron chi connectivity index (χ2n) is 6.25. The normalized spacial score (nSPS) is 14.3. The third-order valence-electron chi connectivity index (χ3n) is 3.59. The first kappa shape index (κ1) is 15.2. The van der Waals surface area contributed by atoms with Gasteiger partial charge in [-0.2, -0.15) is 0 Å². The smallest absolute Gasteiger partial charge is 0.303 e. The Morgan fingerprint density at radius 2 is 1.95 bits per heavy atom. The van der Waals surface area contributed by atoms with Gasteiger partial charge in [0.2, 0.25) is 5.91 Å². The molecule has 0 atom stereocenters. The van der Waals surface area contributed by atoms with E-state index >= 15 is 0 Å². The predicted molar refractivity (Wildman–Crippen MR) is 78.4 cm³/mol. The third kappa shape index (κ3) is 3.90. The summed E-state index contributed by atoms with van der Waals surface area (Å²) in [5.74, 6) is -0.980. The molecule has 0 bridgehead atoms. The number of benzene rings is 1. The molecule has 1 heterocycles. The molecule has 0 fully saturated rings. The molecule has 2 rings (SSSR count). The van der Waals surface area contributed by atoms with Crippen LogP contribution in [-0.2, 0) is 16.0 Å². The Balaban J connectivity index is 2.13. The number of aryl methyl sites for hydroxylation is 1. The fraction of sp³-hybridized carbons (Fsp3) is 0.438. The molecule has 2 N–H and O–H groups in total. The Labute approximate surface area is 123 Å². The van der Waals surface area contributed by atoms with Crippen molar-refractivity contribution in [3.63, 3.8) is 0 Å². The number of carbonyl (C=O) groups excluding carboxylic acids is 2. The Morgan fingerprint density at radius 3 is 2.62 bits per heavy atom. The lowest BCUT2D eigenvalue weighted by molar-refractivity contribution is -0.139. The van der Waals surface area contributed by atoms with Crippen molar-refractivity contribution in [2.24, 2.45) is 5.41 Å². The van der Waals surface area contributed by atoms with Crippen LogP contribution in [0, 0.1) is 5.41 Å². The van der Waals surface area contributed by atoms with Crippen molar-refractivity contribution in [1.82, 2.24) is 0 Å². The highest BCUT2D eigenvalue weighted by atomic mass is 16.4.